The van der Waals surface area contributed by atoms with Gasteiger partial charge in [-0.25, -0.2) is 0 Å². The van der Waals surface area contributed by atoms with Crippen LogP contribution in [-0.4, -0.2) is 15.5 Å². The maximum atomic E-state index is 5.38. The summed E-state index contributed by atoms with van der Waals surface area (Å²) in [5, 5.41) is 1.35. The van der Waals surface area contributed by atoms with Crippen LogP contribution in [-0.2, 0) is 17.0 Å². The van der Waals surface area contributed by atoms with E-state index in [0.29, 0.717) is 32.4 Å². The Morgan fingerprint density at radius 1 is 0.842 bits per heavy atom. The van der Waals surface area contributed by atoms with Gasteiger partial charge in [-0.15, -0.1) is 0 Å². The van der Waals surface area contributed by atoms with Crippen LogP contribution >= 0.6 is 17.5 Å². The van der Waals surface area contributed by atoms with Gasteiger partial charge in [0.15, 0.2) is 0 Å². The van der Waals surface area contributed by atoms with Crippen molar-refractivity contribution in [2.75, 3.05) is 0 Å². The molecule has 0 atom stereocenters. The fourth-order valence-electron chi connectivity index (χ4n) is 3.12. The summed E-state index contributed by atoms with van der Waals surface area (Å²) in [5.74, 6) is 0. The Kier molecular flexibility index (Phi) is 10.9. The second-order valence-electron chi connectivity index (χ2n) is 7.63. The summed E-state index contributed by atoms with van der Waals surface area (Å²) in [6.07, 6.45) is 4.09. The van der Waals surface area contributed by atoms with Crippen LogP contribution in [0.5, 0.6) is 0 Å². The van der Waals surface area contributed by atoms with Gasteiger partial charge < -0.3 is 0 Å². The molecule has 0 N–H and O–H groups in total. The zero-order chi connectivity index (χ0) is 15.9. The van der Waals surface area contributed by atoms with Crippen molar-refractivity contribution >= 4 is 17.5 Å². The molecule has 0 saturated heterocycles. The van der Waals surface area contributed by atoms with E-state index >= 15 is 0 Å². The Hall–Kier alpha value is 1.12. The first kappa shape index (κ1) is 22.4. The Labute approximate surface area is 136 Å². The molecule has 0 rings (SSSR count). The molecule has 0 aromatic carbocycles. The van der Waals surface area contributed by atoms with Gasteiger partial charge in [0.2, 0.25) is 0 Å². The first-order valence-corrected chi connectivity index (χ1v) is 11.3. The van der Waals surface area contributed by atoms with Gasteiger partial charge >= 0.3 is 50.5 Å². The van der Waals surface area contributed by atoms with Gasteiger partial charge in [-0.05, 0) is 15.5 Å². The molecule has 0 amide bonds. The smallest absolute Gasteiger partial charge is 0.0170 e. The van der Waals surface area contributed by atoms with Crippen molar-refractivity contribution in [1.29, 1.82) is 0 Å². The molecule has 0 fully saturated rings. The van der Waals surface area contributed by atoms with Crippen molar-refractivity contribution in [3.63, 3.8) is 0 Å². The first-order valence-electron chi connectivity index (χ1n) is 6.83. The minimum atomic E-state index is 0.0162. The zero-order valence-electron chi connectivity index (χ0n) is 14.5. The molecule has 120 valence electrons. The van der Waals surface area contributed by atoms with Crippen molar-refractivity contribution < 1.29 is 17.0 Å². The maximum absolute atomic E-state index is 5.38. The summed E-state index contributed by atoms with van der Waals surface area (Å²) < 4.78 is 0. The third-order valence-corrected chi connectivity index (χ3v) is 7.58. The topological polar surface area (TPSA) is 0 Å². The molecule has 0 heterocycles. The fraction of sp³-hybridized carbons (Fsp3) is 0.875. The molecular weight excluding hydrogens is 365 g/mol. The normalized spacial score (nSPS) is 13.9. The summed E-state index contributed by atoms with van der Waals surface area (Å²) in [6.45, 7) is 23.5. The summed E-state index contributed by atoms with van der Waals surface area (Å²) in [6, 6.07) is 0. The molecule has 0 nitrogen and oxygen atoms in total. The van der Waals surface area contributed by atoms with Crippen molar-refractivity contribution in [1.82, 2.24) is 0 Å². The summed E-state index contributed by atoms with van der Waals surface area (Å²) >= 11 is 0.398. The van der Waals surface area contributed by atoms with Gasteiger partial charge in [-0.3, -0.25) is 0 Å². The Morgan fingerprint density at radius 2 is 1.16 bits per heavy atom. The van der Waals surface area contributed by atoms with E-state index in [1.54, 1.807) is 0 Å². The average Bonchev–Trinajstić information content (AvgIpc) is 2.07. The molecule has 0 spiro atoms. The summed E-state index contributed by atoms with van der Waals surface area (Å²) in [7, 11) is 5.40. The fourth-order valence-corrected chi connectivity index (χ4v) is 10.00. The molecule has 0 aromatic rings. The number of allylic oxidation sites excluding steroid dienone is 2. The van der Waals surface area contributed by atoms with Crippen molar-refractivity contribution in [3.8, 4) is 0 Å². The van der Waals surface area contributed by atoms with Crippen LogP contribution in [0.15, 0.2) is 12.2 Å². The van der Waals surface area contributed by atoms with Crippen LogP contribution in [0.4, 0.5) is 0 Å². The Morgan fingerprint density at radius 3 is 1.21 bits per heavy atom. The zero-order valence-corrected chi connectivity index (χ0v) is 17.7. The van der Waals surface area contributed by atoms with E-state index in [1.807, 2.05) is 13.0 Å². The molecule has 0 aliphatic carbocycles. The van der Waals surface area contributed by atoms with Crippen molar-refractivity contribution in [2.45, 2.75) is 89.6 Å². The van der Waals surface area contributed by atoms with E-state index in [4.69, 9.17) is 9.53 Å². The van der Waals surface area contributed by atoms with Crippen LogP contribution in [0.3, 0.4) is 0 Å². The van der Waals surface area contributed by atoms with Crippen LogP contribution < -0.4 is 0 Å². The van der Waals surface area contributed by atoms with Gasteiger partial charge in [0.05, 0.1) is 0 Å². The second-order valence-corrected chi connectivity index (χ2v) is 14.4. The van der Waals surface area contributed by atoms with E-state index in [1.165, 1.54) is 0 Å². The second kappa shape index (κ2) is 9.20. The van der Waals surface area contributed by atoms with E-state index in [0.717, 1.165) is 4.89 Å². The van der Waals surface area contributed by atoms with Crippen molar-refractivity contribution in [3.05, 3.63) is 12.2 Å². The molecule has 0 bridgehead atoms. The first-order chi connectivity index (χ1) is 8.28. The van der Waals surface area contributed by atoms with Crippen LogP contribution in [0.2, 0.25) is 4.89 Å². The number of halogens is 1. The molecule has 19 heavy (non-hydrogen) atoms. The molecule has 0 aliphatic rings. The van der Waals surface area contributed by atoms with E-state index in [9.17, 15) is 0 Å². The number of hydrogen-bond donors (Lipinski definition) is 0. The molecule has 0 unspecified atom stereocenters. The Bertz CT molecular complexity index is 220. The molecule has 0 saturated carbocycles. The maximum Gasteiger partial charge on any atom is -0.0170 e. The Balaban J connectivity index is 0. The standard InChI is InChI=1S/C12H27P.C4H7.ClH.Pd/c1-10(2,3)13(11(4,5)6)12(7,8)9;1-3-4-2;;/h1-9H3;3-4H,1H2,2H3;1H;/q;;;+1/p-1/b;4-3+;;. The average molecular weight is 399 g/mol. The predicted octanol–water partition coefficient (Wildman–Crippen LogP) is 7.08. The number of rotatable bonds is 2. The van der Waals surface area contributed by atoms with Gasteiger partial charge in [-0.1, -0.05) is 70.2 Å². The minimum absolute atomic E-state index is 0.0162. The summed E-state index contributed by atoms with van der Waals surface area (Å²) in [5.41, 5.74) is 0. The number of hydrogen-bond acceptors (Lipinski definition) is 0. The molecule has 3 heteroatoms. The quantitative estimate of drug-likeness (QED) is 0.264. The van der Waals surface area contributed by atoms with Crippen LogP contribution in [0, 0.1) is 0 Å². The molecular formula is C16H34ClPPd. The van der Waals surface area contributed by atoms with Gasteiger partial charge in [0, 0.05) is 0 Å². The third-order valence-electron chi connectivity index (χ3n) is 2.37. The van der Waals surface area contributed by atoms with E-state index in [2.05, 4.69) is 68.4 Å². The molecule has 0 aliphatic heterocycles. The largest absolute Gasteiger partial charge is 0.0901 e. The van der Waals surface area contributed by atoms with Crippen LogP contribution in [0.1, 0.15) is 69.2 Å². The molecule has 0 radical (unpaired) electrons. The van der Waals surface area contributed by atoms with Gasteiger partial charge in [0.1, 0.15) is 0 Å². The third kappa shape index (κ3) is 11.5. The van der Waals surface area contributed by atoms with E-state index < -0.39 is 0 Å². The minimum Gasteiger partial charge on any atom is -0.0901 e. The van der Waals surface area contributed by atoms with E-state index in [-0.39, 0.29) is 7.92 Å². The monoisotopic (exact) mass is 398 g/mol. The summed E-state index contributed by atoms with van der Waals surface area (Å²) in [4.78, 5) is 1.05. The van der Waals surface area contributed by atoms with Gasteiger partial charge in [-0.2, -0.15) is 0 Å². The predicted molar refractivity (Wildman–Crippen MR) is 91.7 cm³/mol. The van der Waals surface area contributed by atoms with Gasteiger partial charge in [0.25, 0.3) is 0 Å². The van der Waals surface area contributed by atoms with Crippen LogP contribution in [0.25, 0.3) is 0 Å². The van der Waals surface area contributed by atoms with Crippen molar-refractivity contribution in [2.24, 2.45) is 0 Å². The molecule has 0 aromatic heterocycles. The SMILES string of the molecule is C/C=C/[CH2][Pd][Cl].CC(C)(C)P(C(C)(C)C)C(C)(C)C.